The van der Waals surface area contributed by atoms with Crippen molar-refractivity contribution in [1.29, 1.82) is 0 Å². The number of aryl methyl sites for hydroxylation is 1. The Morgan fingerprint density at radius 2 is 2.10 bits per heavy atom. The molecule has 0 atom stereocenters. The maximum atomic E-state index is 12.7. The lowest BCUT2D eigenvalue weighted by Crippen LogP contribution is -2.33. The van der Waals surface area contributed by atoms with Gasteiger partial charge in [0.25, 0.3) is 5.56 Å². The number of methoxy groups -OCH3 is 1. The Kier molecular flexibility index (Phi) is 6.00. The Bertz CT molecular complexity index is 520. The first-order valence-corrected chi connectivity index (χ1v) is 8.07. The number of hydrogen-bond donors (Lipinski definition) is 1. The molecule has 4 heteroatoms. The van der Waals surface area contributed by atoms with Crippen LogP contribution in [0.2, 0.25) is 0 Å². The third-order valence-corrected chi connectivity index (χ3v) is 4.02. The maximum absolute atomic E-state index is 12.7. The van der Waals surface area contributed by atoms with Crippen LogP contribution < -0.4 is 10.9 Å². The summed E-state index contributed by atoms with van der Waals surface area (Å²) < 4.78 is 7.07. The van der Waals surface area contributed by atoms with Crippen molar-refractivity contribution in [2.75, 3.05) is 20.3 Å². The van der Waals surface area contributed by atoms with Gasteiger partial charge in [0.2, 0.25) is 0 Å². The van der Waals surface area contributed by atoms with Crippen LogP contribution >= 0.6 is 0 Å². The molecule has 0 aromatic carbocycles. The third kappa shape index (κ3) is 4.17. The van der Waals surface area contributed by atoms with Crippen molar-refractivity contribution in [3.63, 3.8) is 0 Å². The zero-order chi connectivity index (χ0) is 15.2. The highest BCUT2D eigenvalue weighted by atomic mass is 16.5. The molecule has 1 heterocycles. The van der Waals surface area contributed by atoms with E-state index in [2.05, 4.69) is 25.2 Å². The molecule has 0 saturated heterocycles. The first kappa shape index (κ1) is 16.2. The first-order chi connectivity index (χ1) is 10.1. The molecule has 1 N–H and O–H groups in total. The second kappa shape index (κ2) is 7.76. The Morgan fingerprint density at radius 1 is 1.33 bits per heavy atom. The molecule has 21 heavy (non-hydrogen) atoms. The quantitative estimate of drug-likeness (QED) is 0.783. The molecular formula is C17H28N2O2. The first-order valence-electron chi connectivity index (χ1n) is 8.07. The van der Waals surface area contributed by atoms with Crippen molar-refractivity contribution < 1.29 is 4.74 Å². The highest BCUT2D eigenvalue weighted by Crippen LogP contribution is 2.21. The van der Waals surface area contributed by atoms with Crippen molar-refractivity contribution >= 4 is 0 Å². The van der Waals surface area contributed by atoms with Crippen molar-refractivity contribution in [2.24, 2.45) is 5.92 Å². The molecule has 1 aromatic rings. The van der Waals surface area contributed by atoms with E-state index in [0.717, 1.165) is 31.5 Å². The molecule has 118 valence electrons. The summed E-state index contributed by atoms with van der Waals surface area (Å²) in [4.78, 5) is 12.7. The van der Waals surface area contributed by atoms with Gasteiger partial charge in [-0.05, 0) is 43.2 Å². The molecule has 0 saturated carbocycles. The fourth-order valence-electron chi connectivity index (χ4n) is 3.03. The lowest BCUT2D eigenvalue weighted by molar-refractivity contribution is 0.199. The van der Waals surface area contributed by atoms with Crippen LogP contribution in [0.4, 0.5) is 0 Å². The number of ether oxygens (including phenoxy) is 1. The summed E-state index contributed by atoms with van der Waals surface area (Å²) in [6.07, 6.45) is 4.60. The third-order valence-electron chi connectivity index (χ3n) is 4.02. The summed E-state index contributed by atoms with van der Waals surface area (Å²) in [5, 5.41) is 3.29. The molecule has 0 aliphatic heterocycles. The smallest absolute Gasteiger partial charge is 0.255 e. The highest BCUT2D eigenvalue weighted by Gasteiger charge is 2.18. The molecule has 1 aliphatic carbocycles. The summed E-state index contributed by atoms with van der Waals surface area (Å²) >= 11 is 0. The van der Waals surface area contributed by atoms with Crippen LogP contribution in [-0.2, 0) is 30.7 Å². The van der Waals surface area contributed by atoms with Gasteiger partial charge >= 0.3 is 0 Å². The summed E-state index contributed by atoms with van der Waals surface area (Å²) in [7, 11) is 1.69. The van der Waals surface area contributed by atoms with Crippen LogP contribution in [0.5, 0.6) is 0 Å². The van der Waals surface area contributed by atoms with Gasteiger partial charge in [-0.1, -0.05) is 13.8 Å². The number of pyridine rings is 1. The van der Waals surface area contributed by atoms with Crippen molar-refractivity contribution in [3.05, 3.63) is 33.2 Å². The number of fused-ring (bicyclic) bond motifs is 1. The zero-order valence-electron chi connectivity index (χ0n) is 13.6. The van der Waals surface area contributed by atoms with Gasteiger partial charge in [-0.15, -0.1) is 0 Å². The summed E-state index contributed by atoms with van der Waals surface area (Å²) in [5.41, 5.74) is 3.74. The SMILES string of the molecule is COCCNCc1cc2c(n(CC(C)C)c1=O)CCCC2. The standard InChI is InChI=1S/C17H28N2O2/c1-13(2)12-19-16-7-5-4-6-14(16)10-15(17(19)20)11-18-8-9-21-3/h10,13,18H,4-9,11-12H2,1-3H3. The largest absolute Gasteiger partial charge is 0.383 e. The number of hydrogen-bond acceptors (Lipinski definition) is 3. The molecule has 1 aromatic heterocycles. The molecule has 0 unspecified atom stereocenters. The summed E-state index contributed by atoms with van der Waals surface area (Å²) in [5.74, 6) is 0.491. The summed E-state index contributed by atoms with van der Waals surface area (Å²) in [6.45, 7) is 7.25. The number of nitrogens with one attached hydrogen (secondary N) is 1. The molecular weight excluding hydrogens is 264 g/mol. The molecule has 0 spiro atoms. The minimum Gasteiger partial charge on any atom is -0.383 e. The van der Waals surface area contributed by atoms with E-state index >= 15 is 0 Å². The molecule has 0 fully saturated rings. The Hall–Kier alpha value is -1.13. The van der Waals surface area contributed by atoms with Crippen LogP contribution in [0.1, 0.15) is 43.5 Å². The van der Waals surface area contributed by atoms with Crippen molar-refractivity contribution in [3.8, 4) is 0 Å². The van der Waals surface area contributed by atoms with E-state index in [4.69, 9.17) is 4.74 Å². The van der Waals surface area contributed by atoms with E-state index in [1.807, 2.05) is 4.57 Å². The molecule has 0 radical (unpaired) electrons. The van der Waals surface area contributed by atoms with Gasteiger partial charge in [-0.3, -0.25) is 4.79 Å². The minimum absolute atomic E-state index is 0.189. The Morgan fingerprint density at radius 3 is 2.81 bits per heavy atom. The maximum Gasteiger partial charge on any atom is 0.255 e. The molecule has 1 aliphatic rings. The van der Waals surface area contributed by atoms with Gasteiger partial charge in [-0.25, -0.2) is 0 Å². The van der Waals surface area contributed by atoms with E-state index in [0.29, 0.717) is 19.1 Å². The van der Waals surface area contributed by atoms with E-state index < -0.39 is 0 Å². The van der Waals surface area contributed by atoms with Gasteiger partial charge in [-0.2, -0.15) is 0 Å². The summed E-state index contributed by atoms with van der Waals surface area (Å²) in [6, 6.07) is 2.13. The van der Waals surface area contributed by atoms with Crippen LogP contribution in [0, 0.1) is 5.92 Å². The van der Waals surface area contributed by atoms with Crippen molar-refractivity contribution in [2.45, 2.75) is 52.6 Å². The topological polar surface area (TPSA) is 43.3 Å². The van der Waals surface area contributed by atoms with E-state index in [-0.39, 0.29) is 5.56 Å². The monoisotopic (exact) mass is 292 g/mol. The van der Waals surface area contributed by atoms with Gasteiger partial charge in [0.05, 0.1) is 6.61 Å². The van der Waals surface area contributed by atoms with Gasteiger partial charge in [0, 0.05) is 38.0 Å². The second-order valence-corrected chi connectivity index (χ2v) is 6.33. The van der Waals surface area contributed by atoms with Gasteiger partial charge < -0.3 is 14.6 Å². The molecule has 0 amide bonds. The number of aromatic nitrogens is 1. The molecule has 0 bridgehead atoms. The fraction of sp³-hybridized carbons (Fsp3) is 0.706. The van der Waals surface area contributed by atoms with Gasteiger partial charge in [0.1, 0.15) is 0 Å². The van der Waals surface area contributed by atoms with E-state index in [1.165, 1.54) is 24.1 Å². The highest BCUT2D eigenvalue weighted by molar-refractivity contribution is 5.29. The molecule has 2 rings (SSSR count). The minimum atomic E-state index is 0.189. The van der Waals surface area contributed by atoms with E-state index in [9.17, 15) is 4.79 Å². The zero-order valence-corrected chi connectivity index (χ0v) is 13.6. The lowest BCUT2D eigenvalue weighted by atomic mass is 9.94. The normalized spacial score (nSPS) is 14.5. The Labute approximate surface area is 127 Å². The average molecular weight is 292 g/mol. The van der Waals surface area contributed by atoms with Crippen LogP contribution in [0.25, 0.3) is 0 Å². The van der Waals surface area contributed by atoms with Crippen LogP contribution in [-0.4, -0.2) is 24.8 Å². The predicted molar refractivity (Wildman–Crippen MR) is 85.8 cm³/mol. The Balaban J connectivity index is 2.26. The number of nitrogens with zero attached hydrogens (tertiary/aromatic N) is 1. The molecule has 4 nitrogen and oxygen atoms in total. The lowest BCUT2D eigenvalue weighted by Gasteiger charge is -2.23. The van der Waals surface area contributed by atoms with Crippen LogP contribution in [0.15, 0.2) is 10.9 Å². The number of rotatable bonds is 7. The second-order valence-electron chi connectivity index (χ2n) is 6.33. The van der Waals surface area contributed by atoms with Gasteiger partial charge in [0.15, 0.2) is 0 Å². The fourth-order valence-corrected chi connectivity index (χ4v) is 3.03. The van der Waals surface area contributed by atoms with Crippen LogP contribution in [0.3, 0.4) is 0 Å². The average Bonchev–Trinajstić information content (AvgIpc) is 2.47. The van der Waals surface area contributed by atoms with Crippen molar-refractivity contribution in [1.82, 2.24) is 9.88 Å². The predicted octanol–water partition coefficient (Wildman–Crippen LogP) is 2.12. The van der Waals surface area contributed by atoms with E-state index in [1.54, 1.807) is 7.11 Å².